The molecule has 33 heavy (non-hydrogen) atoms. The Morgan fingerprint density at radius 2 is 2.00 bits per heavy atom. The zero-order valence-corrected chi connectivity index (χ0v) is 19.3. The first kappa shape index (κ1) is 21.7. The van der Waals surface area contributed by atoms with Gasteiger partial charge in [-0.1, -0.05) is 6.42 Å². The number of pyridine rings is 1. The van der Waals surface area contributed by atoms with Crippen LogP contribution in [0.3, 0.4) is 0 Å². The van der Waals surface area contributed by atoms with Crippen LogP contribution in [-0.2, 0) is 4.79 Å². The molecule has 2 amide bonds. The van der Waals surface area contributed by atoms with E-state index in [1.54, 1.807) is 11.1 Å². The van der Waals surface area contributed by atoms with Crippen molar-refractivity contribution in [2.75, 3.05) is 18.4 Å². The molecule has 2 N–H and O–H groups in total. The van der Waals surface area contributed by atoms with Crippen LogP contribution in [0.1, 0.15) is 53.2 Å². The number of carbonyl (C=O) groups is 2. The maximum Gasteiger partial charge on any atom is 0.274 e. The minimum atomic E-state index is -0.418. The molecular formula is C23H25FN6O2S. The standard InChI is InChI=1S/C23H25FN6O2S/c1-12-6-18-20(33-12)19(22(32)30-10-17(11-30)27-21(31)14-4-3-5-14)29-23(28-18)26-13(2)15-7-16(24)9-25-8-15/h6-9,13-14,17H,3-5,10-11H2,1-2H3,(H,27,31)(H,26,28,29). The van der Waals surface area contributed by atoms with Gasteiger partial charge in [-0.3, -0.25) is 14.6 Å². The fourth-order valence-corrected chi connectivity index (χ4v) is 5.01. The molecule has 0 bridgehead atoms. The van der Waals surface area contributed by atoms with Crippen LogP contribution in [0, 0.1) is 18.7 Å². The summed E-state index contributed by atoms with van der Waals surface area (Å²) in [5.74, 6) is -0.0610. The highest BCUT2D eigenvalue weighted by atomic mass is 32.1. The number of thiophene rings is 1. The number of hydrogen-bond donors (Lipinski definition) is 2. The molecule has 1 atom stereocenters. The molecule has 3 aromatic heterocycles. The van der Waals surface area contributed by atoms with Crippen LogP contribution in [0.5, 0.6) is 0 Å². The van der Waals surface area contributed by atoms with Gasteiger partial charge in [0.1, 0.15) is 5.82 Å². The molecule has 0 spiro atoms. The van der Waals surface area contributed by atoms with Crippen molar-refractivity contribution in [2.24, 2.45) is 5.92 Å². The number of aromatic nitrogens is 3. The van der Waals surface area contributed by atoms with E-state index in [4.69, 9.17) is 0 Å². The first-order chi connectivity index (χ1) is 15.9. The summed E-state index contributed by atoms with van der Waals surface area (Å²) in [5, 5.41) is 6.21. The second-order valence-corrected chi connectivity index (χ2v) is 10.1. The monoisotopic (exact) mass is 468 g/mol. The minimum Gasteiger partial charge on any atom is -0.350 e. The maximum atomic E-state index is 13.6. The Kier molecular flexibility index (Phi) is 5.69. The van der Waals surface area contributed by atoms with Crippen LogP contribution in [0.15, 0.2) is 24.5 Å². The first-order valence-electron chi connectivity index (χ1n) is 11.1. The number of fused-ring (bicyclic) bond motifs is 1. The van der Waals surface area contributed by atoms with E-state index in [9.17, 15) is 14.0 Å². The molecule has 2 aliphatic rings. The van der Waals surface area contributed by atoms with E-state index in [0.717, 1.165) is 35.0 Å². The molecule has 1 saturated carbocycles. The van der Waals surface area contributed by atoms with Crippen LogP contribution in [-0.4, -0.2) is 50.8 Å². The first-order valence-corrected chi connectivity index (χ1v) is 11.9. The zero-order chi connectivity index (χ0) is 23.1. The number of halogens is 1. The van der Waals surface area contributed by atoms with Crippen LogP contribution in [0.4, 0.5) is 10.3 Å². The van der Waals surface area contributed by atoms with Gasteiger partial charge in [-0.15, -0.1) is 11.3 Å². The summed E-state index contributed by atoms with van der Waals surface area (Å²) in [6.45, 7) is 4.77. The summed E-state index contributed by atoms with van der Waals surface area (Å²) < 4.78 is 14.3. The van der Waals surface area contributed by atoms with Crippen LogP contribution < -0.4 is 10.6 Å². The average Bonchev–Trinajstić information content (AvgIpc) is 3.08. The Bertz CT molecular complexity index is 1220. The lowest BCUT2D eigenvalue weighted by Gasteiger charge is -2.40. The predicted octanol–water partition coefficient (Wildman–Crippen LogP) is 3.45. The molecule has 172 valence electrons. The van der Waals surface area contributed by atoms with Gasteiger partial charge >= 0.3 is 0 Å². The number of nitrogens with zero attached hydrogens (tertiary/aromatic N) is 4. The molecular weight excluding hydrogens is 443 g/mol. The molecule has 1 unspecified atom stereocenters. The molecule has 5 rings (SSSR count). The van der Waals surface area contributed by atoms with Gasteiger partial charge < -0.3 is 15.5 Å². The third-order valence-electron chi connectivity index (χ3n) is 6.26. The molecule has 10 heteroatoms. The highest BCUT2D eigenvalue weighted by Crippen LogP contribution is 2.30. The van der Waals surface area contributed by atoms with Gasteiger partial charge in [0.05, 0.1) is 28.5 Å². The largest absolute Gasteiger partial charge is 0.350 e. The van der Waals surface area contributed by atoms with Gasteiger partial charge in [0, 0.05) is 30.1 Å². The number of anilines is 1. The van der Waals surface area contributed by atoms with Crippen molar-refractivity contribution in [1.29, 1.82) is 0 Å². The van der Waals surface area contributed by atoms with Crippen molar-refractivity contribution in [3.63, 3.8) is 0 Å². The Labute approximate surface area is 194 Å². The van der Waals surface area contributed by atoms with Crippen LogP contribution in [0.2, 0.25) is 0 Å². The van der Waals surface area contributed by atoms with Crippen LogP contribution >= 0.6 is 11.3 Å². The van der Waals surface area contributed by atoms with Crippen molar-refractivity contribution < 1.29 is 14.0 Å². The number of amides is 2. The van der Waals surface area contributed by atoms with E-state index in [0.29, 0.717) is 35.8 Å². The topological polar surface area (TPSA) is 100 Å². The highest BCUT2D eigenvalue weighted by molar-refractivity contribution is 7.19. The van der Waals surface area contributed by atoms with Crippen molar-refractivity contribution in [1.82, 2.24) is 25.2 Å². The molecule has 3 aromatic rings. The summed E-state index contributed by atoms with van der Waals surface area (Å²) >= 11 is 1.48. The normalized spacial score (nSPS) is 17.4. The van der Waals surface area contributed by atoms with Crippen molar-refractivity contribution in [3.8, 4) is 0 Å². The van der Waals surface area contributed by atoms with Gasteiger partial charge in [-0.2, -0.15) is 0 Å². The van der Waals surface area contributed by atoms with Gasteiger partial charge in [0.25, 0.3) is 5.91 Å². The van der Waals surface area contributed by atoms with Crippen molar-refractivity contribution >= 4 is 39.3 Å². The third-order valence-corrected chi connectivity index (χ3v) is 7.31. The Morgan fingerprint density at radius 3 is 2.70 bits per heavy atom. The van der Waals surface area contributed by atoms with E-state index in [2.05, 4.69) is 25.6 Å². The fourth-order valence-electron chi connectivity index (χ4n) is 4.08. The van der Waals surface area contributed by atoms with Gasteiger partial charge in [-0.25, -0.2) is 14.4 Å². The number of hydrogen-bond acceptors (Lipinski definition) is 7. The predicted molar refractivity (Wildman–Crippen MR) is 124 cm³/mol. The molecule has 0 aromatic carbocycles. The molecule has 4 heterocycles. The molecule has 1 aliphatic heterocycles. The van der Waals surface area contributed by atoms with E-state index < -0.39 is 5.82 Å². The van der Waals surface area contributed by atoms with Gasteiger partial charge in [-0.05, 0) is 44.4 Å². The minimum absolute atomic E-state index is 0.0115. The second kappa shape index (κ2) is 8.66. The number of likely N-dealkylation sites (tertiary alicyclic amines) is 1. The number of carbonyl (C=O) groups excluding carboxylic acids is 2. The van der Waals surface area contributed by atoms with E-state index in [1.807, 2.05) is 19.9 Å². The summed E-state index contributed by atoms with van der Waals surface area (Å²) in [5.41, 5.74) is 1.69. The van der Waals surface area contributed by atoms with Gasteiger partial charge in [0.2, 0.25) is 11.9 Å². The Hall–Kier alpha value is -3.14. The summed E-state index contributed by atoms with van der Waals surface area (Å²) in [6, 6.07) is 3.02. The molecule has 0 radical (unpaired) electrons. The summed E-state index contributed by atoms with van der Waals surface area (Å²) in [4.78, 5) is 41.2. The molecule has 1 saturated heterocycles. The quantitative estimate of drug-likeness (QED) is 0.575. The highest BCUT2D eigenvalue weighted by Gasteiger charge is 2.36. The summed E-state index contributed by atoms with van der Waals surface area (Å²) in [7, 11) is 0. The summed E-state index contributed by atoms with van der Waals surface area (Å²) in [6.07, 6.45) is 5.76. The molecule has 8 nitrogen and oxygen atoms in total. The lowest BCUT2D eigenvalue weighted by molar-refractivity contribution is -0.129. The Balaban J connectivity index is 1.33. The van der Waals surface area contributed by atoms with Crippen molar-refractivity contribution in [2.45, 2.75) is 45.2 Å². The SMILES string of the molecule is Cc1cc2nc(NC(C)c3cncc(F)c3)nc(C(=O)N3CC(NC(=O)C4CCC4)C3)c2s1. The number of rotatable bonds is 6. The smallest absolute Gasteiger partial charge is 0.274 e. The van der Waals surface area contributed by atoms with E-state index in [-0.39, 0.29) is 29.8 Å². The van der Waals surface area contributed by atoms with Crippen molar-refractivity contribution in [3.05, 3.63) is 46.5 Å². The molecule has 2 fully saturated rings. The molecule has 1 aliphatic carbocycles. The lowest BCUT2D eigenvalue weighted by Crippen LogP contribution is -2.62. The zero-order valence-electron chi connectivity index (χ0n) is 18.5. The van der Waals surface area contributed by atoms with E-state index >= 15 is 0 Å². The lowest BCUT2D eigenvalue weighted by atomic mass is 9.84. The fraction of sp³-hybridized carbons (Fsp3) is 0.435. The second-order valence-electron chi connectivity index (χ2n) is 8.81. The van der Waals surface area contributed by atoms with E-state index in [1.165, 1.54) is 17.4 Å². The van der Waals surface area contributed by atoms with Crippen LogP contribution in [0.25, 0.3) is 10.2 Å². The maximum absolute atomic E-state index is 13.6. The third kappa shape index (κ3) is 4.39. The average molecular weight is 469 g/mol. The number of nitrogens with one attached hydrogen (secondary N) is 2. The van der Waals surface area contributed by atoms with Gasteiger partial charge in [0.15, 0.2) is 5.69 Å². The number of aryl methyl sites for hydroxylation is 1. The Morgan fingerprint density at radius 1 is 1.21 bits per heavy atom.